The van der Waals surface area contributed by atoms with Crippen LogP contribution in [-0.4, -0.2) is 23.9 Å². The molecule has 1 fully saturated rings. The molecule has 112 valence electrons. The third-order valence-corrected chi connectivity index (χ3v) is 4.42. The van der Waals surface area contributed by atoms with Gasteiger partial charge in [0.15, 0.2) is 0 Å². The summed E-state index contributed by atoms with van der Waals surface area (Å²) >= 11 is 0. The van der Waals surface area contributed by atoms with Crippen LogP contribution in [-0.2, 0) is 11.2 Å². The molecule has 1 aliphatic carbocycles. The lowest BCUT2D eigenvalue weighted by Gasteiger charge is -2.36. The number of benzene rings is 1. The van der Waals surface area contributed by atoms with E-state index in [-0.39, 0.29) is 12.0 Å². The first-order valence-corrected chi connectivity index (χ1v) is 7.25. The number of rotatable bonds is 4. The molecule has 2 nitrogen and oxygen atoms in total. The van der Waals surface area contributed by atoms with E-state index in [0.29, 0.717) is 0 Å². The van der Waals surface area contributed by atoms with Crippen LogP contribution < -0.4 is 0 Å². The van der Waals surface area contributed by atoms with Crippen molar-refractivity contribution >= 4 is 0 Å². The van der Waals surface area contributed by atoms with Crippen molar-refractivity contribution in [2.75, 3.05) is 7.11 Å². The second-order valence-electron chi connectivity index (χ2n) is 5.60. The van der Waals surface area contributed by atoms with E-state index in [1.54, 1.807) is 7.11 Å². The molecule has 0 saturated heterocycles. The number of methoxy groups -OCH3 is 1. The first-order chi connectivity index (χ1) is 9.59. The summed E-state index contributed by atoms with van der Waals surface area (Å²) in [6, 6.07) is 3.77. The van der Waals surface area contributed by atoms with Crippen molar-refractivity contribution in [1.82, 2.24) is 0 Å². The zero-order chi connectivity index (χ0) is 14.6. The molecule has 1 aromatic rings. The summed E-state index contributed by atoms with van der Waals surface area (Å²) in [5, 5.41) is 10.5. The summed E-state index contributed by atoms with van der Waals surface area (Å²) in [5.41, 5.74) is -0.730. The molecule has 0 amide bonds. The molecule has 0 spiro atoms. The van der Waals surface area contributed by atoms with E-state index < -0.39 is 23.3 Å². The van der Waals surface area contributed by atoms with Crippen LogP contribution in [0.4, 0.5) is 8.78 Å². The van der Waals surface area contributed by atoms with E-state index in [1.807, 2.05) is 0 Å². The van der Waals surface area contributed by atoms with Crippen LogP contribution in [0.2, 0.25) is 0 Å². The van der Waals surface area contributed by atoms with Gasteiger partial charge in [0.25, 0.3) is 0 Å². The fourth-order valence-electron chi connectivity index (χ4n) is 3.11. The molecule has 1 unspecified atom stereocenters. The molecule has 1 aromatic carbocycles. The SMILES string of the molecule is COC1(C(O)Cc2c(F)cccc2F)CCCCCC1. The summed E-state index contributed by atoms with van der Waals surface area (Å²) < 4.78 is 33.0. The van der Waals surface area contributed by atoms with Gasteiger partial charge in [0.2, 0.25) is 0 Å². The maximum absolute atomic E-state index is 13.7. The minimum Gasteiger partial charge on any atom is -0.390 e. The molecule has 0 bridgehead atoms. The van der Waals surface area contributed by atoms with Gasteiger partial charge in [-0.3, -0.25) is 0 Å². The summed E-state index contributed by atoms with van der Waals surface area (Å²) in [6.07, 6.45) is 4.72. The maximum Gasteiger partial charge on any atom is 0.129 e. The molecule has 1 aliphatic rings. The fourth-order valence-corrected chi connectivity index (χ4v) is 3.11. The molecular weight excluding hydrogens is 262 g/mol. The van der Waals surface area contributed by atoms with E-state index in [2.05, 4.69) is 0 Å². The lowest BCUT2D eigenvalue weighted by molar-refractivity contribution is -0.111. The monoisotopic (exact) mass is 284 g/mol. The normalized spacial score (nSPS) is 20.4. The Balaban J connectivity index is 2.18. The molecule has 0 aromatic heterocycles. The van der Waals surface area contributed by atoms with Crippen molar-refractivity contribution in [3.8, 4) is 0 Å². The van der Waals surface area contributed by atoms with Crippen LogP contribution >= 0.6 is 0 Å². The second-order valence-corrected chi connectivity index (χ2v) is 5.60. The van der Waals surface area contributed by atoms with Crippen molar-refractivity contribution in [1.29, 1.82) is 0 Å². The van der Waals surface area contributed by atoms with E-state index in [4.69, 9.17) is 4.74 Å². The number of aliphatic hydroxyl groups is 1. The van der Waals surface area contributed by atoms with Crippen LogP contribution in [0.3, 0.4) is 0 Å². The van der Waals surface area contributed by atoms with Gasteiger partial charge in [-0.2, -0.15) is 0 Å². The van der Waals surface area contributed by atoms with Crippen LogP contribution in [0, 0.1) is 11.6 Å². The fraction of sp³-hybridized carbons (Fsp3) is 0.625. The molecule has 1 N–H and O–H groups in total. The molecule has 1 atom stereocenters. The Labute approximate surface area is 118 Å². The Kier molecular flexibility index (Phi) is 5.11. The van der Waals surface area contributed by atoms with Crippen LogP contribution in [0.15, 0.2) is 18.2 Å². The van der Waals surface area contributed by atoms with Crippen molar-refractivity contribution in [2.24, 2.45) is 0 Å². The lowest BCUT2D eigenvalue weighted by atomic mass is 9.84. The first kappa shape index (κ1) is 15.4. The predicted molar refractivity (Wildman–Crippen MR) is 73.5 cm³/mol. The van der Waals surface area contributed by atoms with Gasteiger partial charge in [-0.1, -0.05) is 31.7 Å². The van der Waals surface area contributed by atoms with Gasteiger partial charge in [-0.15, -0.1) is 0 Å². The highest BCUT2D eigenvalue weighted by Gasteiger charge is 2.38. The van der Waals surface area contributed by atoms with Gasteiger partial charge in [0.1, 0.15) is 11.6 Å². The van der Waals surface area contributed by atoms with E-state index >= 15 is 0 Å². The topological polar surface area (TPSA) is 29.5 Å². The van der Waals surface area contributed by atoms with Gasteiger partial charge < -0.3 is 9.84 Å². The van der Waals surface area contributed by atoms with Crippen molar-refractivity contribution < 1.29 is 18.6 Å². The summed E-state index contributed by atoms with van der Waals surface area (Å²) in [5.74, 6) is -1.21. The Morgan fingerprint density at radius 2 is 1.70 bits per heavy atom. The maximum atomic E-state index is 13.7. The largest absolute Gasteiger partial charge is 0.390 e. The molecule has 0 radical (unpaired) electrons. The summed E-state index contributed by atoms with van der Waals surface area (Å²) in [4.78, 5) is 0. The van der Waals surface area contributed by atoms with Crippen molar-refractivity contribution in [3.05, 3.63) is 35.4 Å². The highest BCUT2D eigenvalue weighted by atomic mass is 19.1. The molecule has 2 rings (SSSR count). The van der Waals surface area contributed by atoms with Gasteiger partial charge in [-0.25, -0.2) is 8.78 Å². The van der Waals surface area contributed by atoms with E-state index in [0.717, 1.165) is 38.5 Å². The average molecular weight is 284 g/mol. The van der Waals surface area contributed by atoms with Crippen molar-refractivity contribution in [2.45, 2.75) is 56.7 Å². The molecule has 1 saturated carbocycles. The molecule has 0 aliphatic heterocycles. The van der Waals surface area contributed by atoms with E-state index in [9.17, 15) is 13.9 Å². The highest BCUT2D eigenvalue weighted by molar-refractivity contribution is 5.21. The Bertz CT molecular complexity index is 420. The van der Waals surface area contributed by atoms with Gasteiger partial charge in [0.05, 0.1) is 11.7 Å². The zero-order valence-corrected chi connectivity index (χ0v) is 11.9. The van der Waals surface area contributed by atoms with Crippen LogP contribution in [0.5, 0.6) is 0 Å². The highest BCUT2D eigenvalue weighted by Crippen LogP contribution is 2.34. The lowest BCUT2D eigenvalue weighted by Crippen LogP contribution is -2.45. The summed E-state index contributed by atoms with van der Waals surface area (Å²) in [7, 11) is 1.58. The third-order valence-electron chi connectivity index (χ3n) is 4.42. The smallest absolute Gasteiger partial charge is 0.129 e. The number of hydrogen-bond donors (Lipinski definition) is 1. The number of ether oxygens (including phenoxy) is 1. The quantitative estimate of drug-likeness (QED) is 0.856. The average Bonchev–Trinajstić information content (AvgIpc) is 2.69. The second kappa shape index (κ2) is 6.64. The molecule has 20 heavy (non-hydrogen) atoms. The standard InChI is InChI=1S/C16H22F2O2/c1-20-16(9-4-2-3-5-10-16)15(19)11-12-13(17)7-6-8-14(12)18/h6-8,15,19H,2-5,9-11H2,1H3. The van der Waals surface area contributed by atoms with E-state index in [1.165, 1.54) is 18.2 Å². The van der Waals surface area contributed by atoms with Crippen LogP contribution in [0.25, 0.3) is 0 Å². The first-order valence-electron chi connectivity index (χ1n) is 7.25. The van der Waals surface area contributed by atoms with Gasteiger partial charge in [0, 0.05) is 19.1 Å². The minimum absolute atomic E-state index is 0.0493. The van der Waals surface area contributed by atoms with Crippen molar-refractivity contribution in [3.63, 3.8) is 0 Å². The van der Waals surface area contributed by atoms with Gasteiger partial charge in [-0.05, 0) is 25.0 Å². The third kappa shape index (κ3) is 3.18. The number of halogens is 2. The molecule has 4 heteroatoms. The number of hydrogen-bond acceptors (Lipinski definition) is 2. The predicted octanol–water partition coefficient (Wildman–Crippen LogP) is 3.61. The molecular formula is C16H22F2O2. The summed E-state index contributed by atoms with van der Waals surface area (Å²) in [6.45, 7) is 0. The minimum atomic E-state index is -0.892. The van der Waals surface area contributed by atoms with Gasteiger partial charge >= 0.3 is 0 Å². The number of aliphatic hydroxyl groups excluding tert-OH is 1. The Hall–Kier alpha value is -1.00. The zero-order valence-electron chi connectivity index (χ0n) is 11.9. The van der Waals surface area contributed by atoms with Crippen LogP contribution in [0.1, 0.15) is 44.1 Å². The Morgan fingerprint density at radius 1 is 1.15 bits per heavy atom. The molecule has 0 heterocycles. The Morgan fingerprint density at radius 3 is 2.20 bits per heavy atom.